The highest BCUT2D eigenvalue weighted by atomic mass is 16.5. The van der Waals surface area contributed by atoms with Gasteiger partial charge >= 0.3 is 6.03 Å². The molecule has 134 valence electrons. The average molecular weight is 351 g/mol. The lowest BCUT2D eigenvalue weighted by atomic mass is 10.1. The summed E-state index contributed by atoms with van der Waals surface area (Å²) in [5.41, 5.74) is 1.62. The molecule has 6 heteroatoms. The summed E-state index contributed by atoms with van der Waals surface area (Å²) in [6.45, 7) is 1.45. The van der Waals surface area contributed by atoms with Gasteiger partial charge in [-0.1, -0.05) is 30.3 Å². The summed E-state index contributed by atoms with van der Waals surface area (Å²) in [7, 11) is 0. The number of hydrogen-bond acceptors (Lipinski definition) is 4. The number of ether oxygens (including phenoxy) is 2. The van der Waals surface area contributed by atoms with E-state index in [0.717, 1.165) is 5.56 Å². The molecule has 6 nitrogen and oxygen atoms in total. The van der Waals surface area contributed by atoms with Crippen molar-refractivity contribution in [3.63, 3.8) is 0 Å². The van der Waals surface area contributed by atoms with E-state index in [4.69, 9.17) is 14.7 Å². The van der Waals surface area contributed by atoms with Gasteiger partial charge in [-0.2, -0.15) is 5.26 Å². The first-order valence-corrected chi connectivity index (χ1v) is 8.57. The van der Waals surface area contributed by atoms with Crippen molar-refractivity contribution in [2.24, 2.45) is 0 Å². The van der Waals surface area contributed by atoms with Crippen molar-refractivity contribution < 1.29 is 14.3 Å². The van der Waals surface area contributed by atoms with Crippen molar-refractivity contribution in [1.82, 2.24) is 10.6 Å². The van der Waals surface area contributed by atoms with E-state index in [1.165, 1.54) is 0 Å². The lowest BCUT2D eigenvalue weighted by Crippen LogP contribution is -2.54. The minimum atomic E-state index is -0.252. The molecule has 1 saturated heterocycles. The van der Waals surface area contributed by atoms with Crippen LogP contribution >= 0.6 is 0 Å². The summed E-state index contributed by atoms with van der Waals surface area (Å²) in [4.78, 5) is 12.2. The second-order valence-corrected chi connectivity index (χ2v) is 6.08. The SMILES string of the molecule is N#Cc1ccc(O[C@@H]2CCOC[C@H]2NC(=O)NCc2ccccc2)cc1. The molecule has 0 unspecified atom stereocenters. The normalized spacial score (nSPS) is 19.2. The fourth-order valence-electron chi connectivity index (χ4n) is 2.77. The van der Waals surface area contributed by atoms with Gasteiger partial charge in [0.2, 0.25) is 0 Å². The van der Waals surface area contributed by atoms with Gasteiger partial charge in [-0.05, 0) is 29.8 Å². The zero-order valence-electron chi connectivity index (χ0n) is 14.4. The molecule has 1 aliphatic heterocycles. The van der Waals surface area contributed by atoms with Crippen LogP contribution < -0.4 is 15.4 Å². The second-order valence-electron chi connectivity index (χ2n) is 6.08. The molecular weight excluding hydrogens is 330 g/mol. The fraction of sp³-hybridized carbons (Fsp3) is 0.300. The Morgan fingerprint density at radius 3 is 2.69 bits per heavy atom. The second kappa shape index (κ2) is 8.88. The van der Waals surface area contributed by atoms with E-state index in [1.807, 2.05) is 30.3 Å². The largest absolute Gasteiger partial charge is 0.488 e. The standard InChI is InChI=1S/C20H21N3O3/c21-12-15-6-8-17(9-7-15)26-19-10-11-25-14-18(19)23-20(24)22-13-16-4-2-1-3-5-16/h1-9,18-19H,10-11,13-14H2,(H2,22,23,24)/t18-,19-/m1/s1. The molecule has 0 spiro atoms. The molecule has 0 radical (unpaired) electrons. The molecule has 0 bridgehead atoms. The van der Waals surface area contributed by atoms with E-state index < -0.39 is 0 Å². The van der Waals surface area contributed by atoms with Crippen LogP contribution in [0.25, 0.3) is 0 Å². The van der Waals surface area contributed by atoms with Gasteiger partial charge in [0.05, 0.1) is 30.9 Å². The van der Waals surface area contributed by atoms with E-state index in [9.17, 15) is 4.79 Å². The number of rotatable bonds is 5. The highest BCUT2D eigenvalue weighted by Crippen LogP contribution is 2.19. The number of nitriles is 1. The van der Waals surface area contributed by atoms with Gasteiger partial charge in [-0.15, -0.1) is 0 Å². The van der Waals surface area contributed by atoms with Gasteiger partial charge in [0.1, 0.15) is 11.9 Å². The third kappa shape index (κ3) is 4.98. The highest BCUT2D eigenvalue weighted by molar-refractivity contribution is 5.74. The summed E-state index contributed by atoms with van der Waals surface area (Å²) < 4.78 is 11.5. The highest BCUT2D eigenvalue weighted by Gasteiger charge is 2.29. The number of carbonyl (C=O) groups excluding carboxylic acids is 1. The lowest BCUT2D eigenvalue weighted by molar-refractivity contribution is -0.000290. The maximum Gasteiger partial charge on any atom is 0.315 e. The van der Waals surface area contributed by atoms with Crippen molar-refractivity contribution in [3.05, 3.63) is 65.7 Å². The smallest absolute Gasteiger partial charge is 0.315 e. The van der Waals surface area contributed by atoms with E-state index in [1.54, 1.807) is 24.3 Å². The van der Waals surface area contributed by atoms with Crippen molar-refractivity contribution in [3.8, 4) is 11.8 Å². The summed E-state index contributed by atoms with van der Waals surface area (Å²) >= 11 is 0. The van der Waals surface area contributed by atoms with Crippen LogP contribution in [-0.4, -0.2) is 31.4 Å². The Morgan fingerprint density at radius 1 is 1.19 bits per heavy atom. The van der Waals surface area contributed by atoms with Gasteiger partial charge in [0, 0.05) is 13.0 Å². The quantitative estimate of drug-likeness (QED) is 0.867. The minimum Gasteiger partial charge on any atom is -0.488 e. The molecule has 1 fully saturated rings. The van der Waals surface area contributed by atoms with Gasteiger partial charge < -0.3 is 20.1 Å². The third-order valence-corrected chi connectivity index (χ3v) is 4.18. The van der Waals surface area contributed by atoms with Crippen LogP contribution in [0.3, 0.4) is 0 Å². The molecule has 0 aromatic heterocycles. The number of urea groups is 1. The number of amides is 2. The van der Waals surface area contributed by atoms with Gasteiger partial charge in [0.15, 0.2) is 0 Å². The first-order valence-electron chi connectivity index (χ1n) is 8.57. The number of carbonyl (C=O) groups is 1. The van der Waals surface area contributed by atoms with Crippen molar-refractivity contribution in [2.45, 2.75) is 25.1 Å². The Kier molecular flexibility index (Phi) is 6.07. The van der Waals surface area contributed by atoms with Crippen LogP contribution in [0.15, 0.2) is 54.6 Å². The number of nitrogens with one attached hydrogen (secondary N) is 2. The van der Waals surface area contributed by atoms with Gasteiger partial charge in [-0.3, -0.25) is 0 Å². The van der Waals surface area contributed by atoms with Crippen molar-refractivity contribution in [1.29, 1.82) is 5.26 Å². The molecule has 2 atom stereocenters. The van der Waals surface area contributed by atoms with Crippen LogP contribution in [-0.2, 0) is 11.3 Å². The average Bonchev–Trinajstić information content (AvgIpc) is 2.69. The fourth-order valence-corrected chi connectivity index (χ4v) is 2.77. The zero-order chi connectivity index (χ0) is 18.2. The summed E-state index contributed by atoms with van der Waals surface area (Å²) in [6.07, 6.45) is 0.503. The topological polar surface area (TPSA) is 83.4 Å². The van der Waals surface area contributed by atoms with E-state index in [0.29, 0.717) is 37.5 Å². The lowest BCUT2D eigenvalue weighted by Gasteiger charge is -2.32. The van der Waals surface area contributed by atoms with Crippen LogP contribution in [0.4, 0.5) is 4.79 Å². The molecule has 0 saturated carbocycles. The van der Waals surface area contributed by atoms with Crippen LogP contribution in [0.5, 0.6) is 5.75 Å². The summed E-state index contributed by atoms with van der Waals surface area (Å²) in [5, 5.41) is 14.6. The minimum absolute atomic E-state index is 0.181. The van der Waals surface area contributed by atoms with Gasteiger partial charge in [-0.25, -0.2) is 4.79 Å². The molecule has 1 heterocycles. The van der Waals surface area contributed by atoms with E-state index in [-0.39, 0.29) is 18.2 Å². The molecular formula is C20H21N3O3. The van der Waals surface area contributed by atoms with Crippen LogP contribution in [0.1, 0.15) is 17.5 Å². The molecule has 2 amide bonds. The summed E-state index contributed by atoms with van der Waals surface area (Å²) in [6, 6.07) is 18.3. The Labute approximate surface area is 152 Å². The Bertz CT molecular complexity index is 756. The van der Waals surface area contributed by atoms with Crippen molar-refractivity contribution in [2.75, 3.05) is 13.2 Å². The monoisotopic (exact) mass is 351 g/mol. The van der Waals surface area contributed by atoms with E-state index >= 15 is 0 Å². The Balaban J connectivity index is 1.54. The van der Waals surface area contributed by atoms with Crippen LogP contribution in [0, 0.1) is 11.3 Å². The molecule has 2 aromatic rings. The van der Waals surface area contributed by atoms with Crippen LogP contribution in [0.2, 0.25) is 0 Å². The predicted molar refractivity (Wildman–Crippen MR) is 96.6 cm³/mol. The van der Waals surface area contributed by atoms with Crippen molar-refractivity contribution >= 4 is 6.03 Å². The first-order chi connectivity index (χ1) is 12.7. The molecule has 1 aliphatic rings. The maximum atomic E-state index is 12.2. The first kappa shape index (κ1) is 17.8. The zero-order valence-corrected chi connectivity index (χ0v) is 14.4. The summed E-state index contributed by atoms with van der Waals surface area (Å²) in [5.74, 6) is 0.674. The Hall–Kier alpha value is -3.04. The molecule has 0 aliphatic carbocycles. The van der Waals surface area contributed by atoms with Gasteiger partial charge in [0.25, 0.3) is 0 Å². The number of benzene rings is 2. The predicted octanol–water partition coefficient (Wildman–Crippen LogP) is 2.59. The Morgan fingerprint density at radius 2 is 1.96 bits per heavy atom. The third-order valence-electron chi connectivity index (χ3n) is 4.18. The molecule has 26 heavy (non-hydrogen) atoms. The molecule has 2 aromatic carbocycles. The maximum absolute atomic E-state index is 12.2. The number of hydrogen-bond donors (Lipinski definition) is 2. The molecule has 2 N–H and O–H groups in total. The number of nitrogens with zero attached hydrogens (tertiary/aromatic N) is 1. The molecule has 3 rings (SSSR count). The van der Waals surface area contributed by atoms with E-state index in [2.05, 4.69) is 16.7 Å².